The summed E-state index contributed by atoms with van der Waals surface area (Å²) in [4.78, 5) is 18.6. The minimum atomic E-state index is -0.148. The third-order valence-corrected chi connectivity index (χ3v) is 4.04. The number of carbonyl (C=O) groups excluding carboxylic acids is 1. The lowest BCUT2D eigenvalue weighted by molar-refractivity contribution is 0.0615. The number of piperidine rings is 3. The SMILES string of the molecule is CCc1nc(C(=O)NC2CN3CCC2CC3)n[nH]1. The van der Waals surface area contributed by atoms with E-state index in [1.807, 2.05) is 6.92 Å². The molecule has 3 saturated heterocycles. The zero-order chi connectivity index (χ0) is 12.5. The largest absolute Gasteiger partial charge is 0.345 e. The van der Waals surface area contributed by atoms with E-state index in [2.05, 4.69) is 25.4 Å². The van der Waals surface area contributed by atoms with Crippen molar-refractivity contribution in [1.82, 2.24) is 25.4 Å². The third kappa shape index (κ3) is 2.12. The molecule has 1 aromatic heterocycles. The van der Waals surface area contributed by atoms with Crippen molar-refractivity contribution in [1.29, 1.82) is 0 Å². The lowest BCUT2D eigenvalue weighted by atomic mass is 9.84. The first-order chi connectivity index (χ1) is 8.76. The van der Waals surface area contributed by atoms with Gasteiger partial charge in [0.25, 0.3) is 5.91 Å². The van der Waals surface area contributed by atoms with Gasteiger partial charge in [-0.15, -0.1) is 5.10 Å². The molecular formula is C12H19N5O. The van der Waals surface area contributed by atoms with Crippen LogP contribution in [0, 0.1) is 5.92 Å². The Hall–Kier alpha value is -1.43. The Morgan fingerprint density at radius 1 is 1.50 bits per heavy atom. The fourth-order valence-electron chi connectivity index (χ4n) is 2.92. The molecule has 0 saturated carbocycles. The van der Waals surface area contributed by atoms with E-state index in [1.54, 1.807) is 0 Å². The van der Waals surface area contributed by atoms with E-state index in [0.29, 0.717) is 5.92 Å². The third-order valence-electron chi connectivity index (χ3n) is 4.04. The lowest BCUT2D eigenvalue weighted by Gasteiger charge is -2.44. The first-order valence-electron chi connectivity index (χ1n) is 6.70. The van der Waals surface area contributed by atoms with E-state index in [1.165, 1.54) is 25.9 Å². The molecule has 2 bridgehead atoms. The quantitative estimate of drug-likeness (QED) is 0.802. The summed E-state index contributed by atoms with van der Waals surface area (Å²) < 4.78 is 0. The van der Waals surface area contributed by atoms with Crippen LogP contribution in [0.2, 0.25) is 0 Å². The molecule has 2 N–H and O–H groups in total. The Labute approximate surface area is 106 Å². The molecule has 4 rings (SSSR count). The number of fused-ring (bicyclic) bond motifs is 3. The van der Waals surface area contributed by atoms with Crippen molar-refractivity contribution in [3.8, 4) is 0 Å². The van der Waals surface area contributed by atoms with Crippen LogP contribution in [0.25, 0.3) is 0 Å². The smallest absolute Gasteiger partial charge is 0.291 e. The topological polar surface area (TPSA) is 73.9 Å². The van der Waals surface area contributed by atoms with Gasteiger partial charge in [0.15, 0.2) is 0 Å². The summed E-state index contributed by atoms with van der Waals surface area (Å²) in [5.41, 5.74) is 0. The van der Waals surface area contributed by atoms with Crippen LogP contribution in [0.5, 0.6) is 0 Å². The molecule has 1 amide bonds. The molecule has 3 fully saturated rings. The summed E-state index contributed by atoms with van der Waals surface area (Å²) in [6, 6.07) is 0.267. The number of rotatable bonds is 3. The van der Waals surface area contributed by atoms with Crippen LogP contribution in [0.3, 0.4) is 0 Å². The minimum absolute atomic E-state index is 0.148. The second kappa shape index (κ2) is 4.68. The highest BCUT2D eigenvalue weighted by Gasteiger charge is 2.35. The van der Waals surface area contributed by atoms with Crippen LogP contribution in [0.15, 0.2) is 0 Å². The highest BCUT2D eigenvalue weighted by molar-refractivity contribution is 5.90. The molecule has 98 valence electrons. The van der Waals surface area contributed by atoms with E-state index in [-0.39, 0.29) is 17.8 Å². The predicted molar refractivity (Wildman–Crippen MR) is 66.2 cm³/mol. The van der Waals surface area contributed by atoms with Gasteiger partial charge in [-0.25, -0.2) is 4.98 Å². The van der Waals surface area contributed by atoms with Crippen LogP contribution in [-0.4, -0.2) is 51.7 Å². The summed E-state index contributed by atoms with van der Waals surface area (Å²) in [6.45, 7) is 5.31. The van der Waals surface area contributed by atoms with Crippen molar-refractivity contribution in [2.75, 3.05) is 19.6 Å². The minimum Gasteiger partial charge on any atom is -0.345 e. The number of aromatic nitrogens is 3. The summed E-state index contributed by atoms with van der Waals surface area (Å²) in [5, 5.41) is 9.81. The molecule has 6 nitrogen and oxygen atoms in total. The maximum Gasteiger partial charge on any atom is 0.291 e. The van der Waals surface area contributed by atoms with Crippen molar-refractivity contribution in [3.05, 3.63) is 11.6 Å². The van der Waals surface area contributed by atoms with Crippen molar-refractivity contribution in [2.45, 2.75) is 32.2 Å². The van der Waals surface area contributed by atoms with Gasteiger partial charge in [-0.3, -0.25) is 9.89 Å². The van der Waals surface area contributed by atoms with Crippen molar-refractivity contribution in [2.24, 2.45) is 5.92 Å². The second-order valence-electron chi connectivity index (χ2n) is 5.18. The van der Waals surface area contributed by atoms with Gasteiger partial charge in [-0.1, -0.05) is 6.92 Å². The number of amides is 1. The van der Waals surface area contributed by atoms with Gasteiger partial charge in [0.2, 0.25) is 5.82 Å². The molecule has 4 heterocycles. The molecule has 1 unspecified atom stereocenters. The average Bonchev–Trinajstić information content (AvgIpc) is 2.89. The molecule has 3 aliphatic rings. The first-order valence-corrected chi connectivity index (χ1v) is 6.70. The van der Waals surface area contributed by atoms with Crippen molar-refractivity contribution in [3.63, 3.8) is 0 Å². The standard InChI is InChI=1S/C12H19N5O/c1-2-10-14-11(16-15-10)12(18)13-9-7-17-5-3-8(9)4-6-17/h8-9H,2-7H2,1H3,(H,13,18)(H,14,15,16). The van der Waals surface area contributed by atoms with Crippen molar-refractivity contribution < 1.29 is 4.79 Å². The summed E-state index contributed by atoms with van der Waals surface area (Å²) in [7, 11) is 0. The van der Waals surface area contributed by atoms with Gasteiger partial charge in [0.1, 0.15) is 5.82 Å². The molecule has 18 heavy (non-hydrogen) atoms. The van der Waals surface area contributed by atoms with Gasteiger partial charge < -0.3 is 10.2 Å². The van der Waals surface area contributed by atoms with Crippen molar-refractivity contribution >= 4 is 5.91 Å². The number of nitrogens with one attached hydrogen (secondary N) is 2. The molecule has 0 aliphatic carbocycles. The Bertz CT molecular complexity index is 435. The van der Waals surface area contributed by atoms with Crippen LogP contribution in [-0.2, 0) is 6.42 Å². The van der Waals surface area contributed by atoms with Crippen LogP contribution in [0.1, 0.15) is 36.2 Å². The number of hydrogen-bond donors (Lipinski definition) is 2. The number of carbonyl (C=O) groups is 1. The number of aryl methyl sites for hydroxylation is 1. The van der Waals surface area contributed by atoms with E-state index in [9.17, 15) is 4.79 Å². The maximum atomic E-state index is 12.0. The van der Waals surface area contributed by atoms with Crippen LogP contribution < -0.4 is 5.32 Å². The number of aromatic amines is 1. The first kappa shape index (κ1) is 11.6. The fraction of sp³-hybridized carbons (Fsp3) is 0.750. The van der Waals surface area contributed by atoms with E-state index in [4.69, 9.17) is 0 Å². The Balaban J connectivity index is 1.64. The van der Waals surface area contributed by atoms with Gasteiger partial charge in [0.05, 0.1) is 0 Å². The molecule has 1 atom stereocenters. The van der Waals surface area contributed by atoms with Gasteiger partial charge in [-0.2, -0.15) is 0 Å². The van der Waals surface area contributed by atoms with E-state index < -0.39 is 0 Å². The second-order valence-corrected chi connectivity index (χ2v) is 5.18. The highest BCUT2D eigenvalue weighted by atomic mass is 16.2. The molecule has 0 spiro atoms. The predicted octanol–water partition coefficient (Wildman–Crippen LogP) is 0.191. The van der Waals surface area contributed by atoms with Crippen LogP contribution >= 0.6 is 0 Å². The fourth-order valence-corrected chi connectivity index (χ4v) is 2.92. The zero-order valence-electron chi connectivity index (χ0n) is 10.6. The van der Waals surface area contributed by atoms with Gasteiger partial charge in [0, 0.05) is 19.0 Å². The van der Waals surface area contributed by atoms with Crippen LogP contribution in [0.4, 0.5) is 0 Å². The maximum absolute atomic E-state index is 12.0. The van der Waals surface area contributed by atoms with E-state index >= 15 is 0 Å². The summed E-state index contributed by atoms with van der Waals surface area (Å²) >= 11 is 0. The lowest BCUT2D eigenvalue weighted by Crippen LogP contribution is -2.57. The van der Waals surface area contributed by atoms with Gasteiger partial charge in [-0.05, 0) is 31.8 Å². The van der Waals surface area contributed by atoms with E-state index in [0.717, 1.165) is 18.8 Å². The number of hydrogen-bond acceptors (Lipinski definition) is 4. The normalized spacial score (nSPS) is 30.4. The Morgan fingerprint density at radius 2 is 2.28 bits per heavy atom. The number of H-pyrrole nitrogens is 1. The molecular weight excluding hydrogens is 230 g/mol. The monoisotopic (exact) mass is 249 g/mol. The number of nitrogens with zero attached hydrogens (tertiary/aromatic N) is 3. The highest BCUT2D eigenvalue weighted by Crippen LogP contribution is 2.27. The molecule has 3 aliphatic heterocycles. The average molecular weight is 249 g/mol. The Kier molecular flexibility index (Phi) is 3.03. The summed E-state index contributed by atoms with van der Waals surface area (Å²) in [6.07, 6.45) is 3.15. The molecule has 6 heteroatoms. The zero-order valence-corrected chi connectivity index (χ0v) is 10.6. The Morgan fingerprint density at radius 3 is 2.83 bits per heavy atom. The molecule has 0 radical (unpaired) electrons. The molecule has 0 aromatic carbocycles. The summed E-state index contributed by atoms with van der Waals surface area (Å²) in [5.74, 6) is 1.51. The molecule has 1 aromatic rings. The van der Waals surface area contributed by atoms with Gasteiger partial charge >= 0.3 is 0 Å².